The normalized spacial score (nSPS) is 12.4. The highest BCUT2D eigenvalue weighted by Crippen LogP contribution is 2.24. The van der Waals surface area contributed by atoms with Crippen molar-refractivity contribution in [3.63, 3.8) is 0 Å². The van der Waals surface area contributed by atoms with Crippen molar-refractivity contribution in [1.82, 2.24) is 5.43 Å². The van der Waals surface area contributed by atoms with Crippen molar-refractivity contribution >= 4 is 27.5 Å². The first-order chi connectivity index (χ1) is 9.51. The molecule has 106 valence electrons. The van der Waals surface area contributed by atoms with Gasteiger partial charge < -0.3 is 0 Å². The lowest BCUT2D eigenvalue weighted by atomic mass is 9.99. The summed E-state index contributed by atoms with van der Waals surface area (Å²) in [5.74, 6) is 4.69. The summed E-state index contributed by atoms with van der Waals surface area (Å²) < 4.78 is 27.0. The highest BCUT2D eigenvalue weighted by molar-refractivity contribution is 9.10. The minimum absolute atomic E-state index is 0.0558. The van der Waals surface area contributed by atoms with Crippen LogP contribution in [0.3, 0.4) is 0 Å². The Hall–Kier alpha value is -1.01. The van der Waals surface area contributed by atoms with E-state index in [1.807, 2.05) is 0 Å². The fourth-order valence-electron chi connectivity index (χ4n) is 1.90. The topological polar surface area (TPSA) is 38.0 Å². The molecule has 1 atom stereocenters. The Morgan fingerprint density at radius 3 is 2.50 bits per heavy atom. The first-order valence-electron chi connectivity index (χ1n) is 5.86. The SMILES string of the molecule is NNC(Cc1ccc(F)c(Cl)c1)c1ccc(Br)c(F)c1. The molecule has 0 aromatic heterocycles. The van der Waals surface area contributed by atoms with Crippen molar-refractivity contribution in [3.8, 4) is 0 Å². The Bertz CT molecular complexity index is 622. The monoisotopic (exact) mass is 360 g/mol. The molecule has 0 amide bonds. The van der Waals surface area contributed by atoms with Crippen LogP contribution in [-0.2, 0) is 6.42 Å². The van der Waals surface area contributed by atoms with Gasteiger partial charge in [-0.15, -0.1) is 0 Å². The molecule has 0 spiro atoms. The van der Waals surface area contributed by atoms with Crippen LogP contribution in [0.1, 0.15) is 17.2 Å². The number of halogens is 4. The van der Waals surface area contributed by atoms with E-state index in [1.54, 1.807) is 18.2 Å². The zero-order chi connectivity index (χ0) is 14.7. The molecule has 6 heteroatoms. The molecule has 20 heavy (non-hydrogen) atoms. The molecule has 0 aliphatic heterocycles. The van der Waals surface area contributed by atoms with Crippen LogP contribution < -0.4 is 11.3 Å². The molecule has 2 aromatic carbocycles. The van der Waals surface area contributed by atoms with Gasteiger partial charge in [-0.05, 0) is 57.7 Å². The molecule has 3 N–H and O–H groups in total. The van der Waals surface area contributed by atoms with Crippen LogP contribution in [0.15, 0.2) is 40.9 Å². The maximum atomic E-state index is 13.5. The van der Waals surface area contributed by atoms with Gasteiger partial charge in [0.25, 0.3) is 0 Å². The zero-order valence-corrected chi connectivity index (χ0v) is 12.7. The van der Waals surface area contributed by atoms with Gasteiger partial charge in [0.2, 0.25) is 0 Å². The highest BCUT2D eigenvalue weighted by Gasteiger charge is 2.13. The lowest BCUT2D eigenvalue weighted by Crippen LogP contribution is -2.29. The van der Waals surface area contributed by atoms with Crippen LogP contribution in [-0.4, -0.2) is 0 Å². The van der Waals surface area contributed by atoms with Crippen LogP contribution in [0, 0.1) is 11.6 Å². The van der Waals surface area contributed by atoms with E-state index in [0.717, 1.165) is 5.56 Å². The van der Waals surface area contributed by atoms with E-state index in [4.69, 9.17) is 17.4 Å². The summed E-state index contributed by atoms with van der Waals surface area (Å²) in [6, 6.07) is 8.96. The minimum atomic E-state index is -0.470. The molecule has 0 radical (unpaired) electrons. The predicted molar refractivity (Wildman–Crippen MR) is 79.3 cm³/mol. The molecule has 0 heterocycles. The molecular formula is C14H12BrClF2N2. The maximum Gasteiger partial charge on any atom is 0.141 e. The van der Waals surface area contributed by atoms with Crippen LogP contribution in [0.2, 0.25) is 5.02 Å². The summed E-state index contributed by atoms with van der Waals surface area (Å²) in [7, 11) is 0. The third kappa shape index (κ3) is 3.55. The van der Waals surface area contributed by atoms with Gasteiger partial charge >= 0.3 is 0 Å². The Balaban J connectivity index is 2.23. The van der Waals surface area contributed by atoms with E-state index in [-0.39, 0.29) is 16.9 Å². The van der Waals surface area contributed by atoms with Gasteiger partial charge in [0.1, 0.15) is 11.6 Å². The van der Waals surface area contributed by atoms with Crippen LogP contribution in [0.4, 0.5) is 8.78 Å². The molecular weight excluding hydrogens is 350 g/mol. The van der Waals surface area contributed by atoms with Crippen molar-refractivity contribution < 1.29 is 8.78 Å². The molecule has 0 bridgehead atoms. The quantitative estimate of drug-likeness (QED) is 0.635. The predicted octanol–water partition coefficient (Wildman–Crippen LogP) is 4.13. The third-order valence-electron chi connectivity index (χ3n) is 2.97. The van der Waals surface area contributed by atoms with Crippen LogP contribution >= 0.6 is 27.5 Å². The molecule has 2 nitrogen and oxygen atoms in total. The first kappa shape index (κ1) is 15.4. The second kappa shape index (κ2) is 6.63. The van der Waals surface area contributed by atoms with E-state index < -0.39 is 5.82 Å². The van der Waals surface area contributed by atoms with Gasteiger partial charge in [-0.2, -0.15) is 0 Å². The van der Waals surface area contributed by atoms with Gasteiger partial charge in [-0.3, -0.25) is 11.3 Å². The Kier molecular flexibility index (Phi) is 5.10. The number of hydrazine groups is 1. The Labute approximate surface area is 129 Å². The first-order valence-corrected chi connectivity index (χ1v) is 7.03. The largest absolute Gasteiger partial charge is 0.271 e. The Morgan fingerprint density at radius 2 is 1.90 bits per heavy atom. The summed E-state index contributed by atoms with van der Waals surface area (Å²) in [4.78, 5) is 0. The summed E-state index contributed by atoms with van der Waals surface area (Å²) in [5.41, 5.74) is 4.14. The van der Waals surface area contributed by atoms with Gasteiger partial charge in [0.05, 0.1) is 15.5 Å². The van der Waals surface area contributed by atoms with Crippen molar-refractivity contribution in [1.29, 1.82) is 0 Å². The summed E-state index contributed by atoms with van der Waals surface area (Å²) in [6.45, 7) is 0. The van der Waals surface area contributed by atoms with Crippen molar-refractivity contribution in [2.45, 2.75) is 12.5 Å². The average molecular weight is 362 g/mol. The molecule has 1 unspecified atom stereocenters. The van der Waals surface area contributed by atoms with Gasteiger partial charge in [0, 0.05) is 0 Å². The Morgan fingerprint density at radius 1 is 1.15 bits per heavy atom. The lowest BCUT2D eigenvalue weighted by molar-refractivity contribution is 0.542. The van der Waals surface area contributed by atoms with Gasteiger partial charge in [-0.1, -0.05) is 23.7 Å². The third-order valence-corrected chi connectivity index (χ3v) is 3.90. The van der Waals surface area contributed by atoms with Crippen LogP contribution in [0.25, 0.3) is 0 Å². The molecule has 2 rings (SSSR count). The van der Waals surface area contributed by atoms with E-state index in [9.17, 15) is 8.78 Å². The molecule has 0 aliphatic carbocycles. The van der Waals surface area contributed by atoms with E-state index in [2.05, 4.69) is 21.4 Å². The molecule has 0 saturated carbocycles. The van der Waals surface area contributed by atoms with E-state index in [1.165, 1.54) is 18.2 Å². The number of nitrogens with two attached hydrogens (primary N) is 1. The fourth-order valence-corrected chi connectivity index (χ4v) is 2.35. The second-order valence-electron chi connectivity index (χ2n) is 4.35. The van der Waals surface area contributed by atoms with E-state index >= 15 is 0 Å². The molecule has 0 fully saturated rings. The van der Waals surface area contributed by atoms with Gasteiger partial charge in [0.15, 0.2) is 0 Å². The summed E-state index contributed by atoms with van der Waals surface area (Å²) in [6.07, 6.45) is 0.470. The minimum Gasteiger partial charge on any atom is -0.271 e. The zero-order valence-electron chi connectivity index (χ0n) is 10.3. The van der Waals surface area contributed by atoms with Gasteiger partial charge in [-0.25, -0.2) is 8.78 Å². The smallest absolute Gasteiger partial charge is 0.141 e. The lowest BCUT2D eigenvalue weighted by Gasteiger charge is -2.17. The maximum absolute atomic E-state index is 13.5. The fraction of sp³-hybridized carbons (Fsp3) is 0.143. The van der Waals surface area contributed by atoms with Crippen LogP contribution in [0.5, 0.6) is 0 Å². The number of nitrogens with one attached hydrogen (secondary N) is 1. The van der Waals surface area contributed by atoms with Crippen molar-refractivity contribution in [2.75, 3.05) is 0 Å². The van der Waals surface area contributed by atoms with Crippen molar-refractivity contribution in [3.05, 3.63) is 68.7 Å². The highest BCUT2D eigenvalue weighted by atomic mass is 79.9. The number of hydrogen-bond acceptors (Lipinski definition) is 2. The molecule has 2 aromatic rings. The average Bonchev–Trinajstić information content (AvgIpc) is 2.43. The molecule has 0 saturated heterocycles. The number of rotatable bonds is 4. The summed E-state index contributed by atoms with van der Waals surface area (Å²) >= 11 is 8.84. The van der Waals surface area contributed by atoms with E-state index in [0.29, 0.717) is 16.5 Å². The summed E-state index contributed by atoms with van der Waals surface area (Å²) in [5, 5.41) is 0.0558. The number of hydrogen-bond donors (Lipinski definition) is 2. The molecule has 0 aliphatic rings. The standard InChI is InChI=1S/C14H12BrClF2N2/c15-10-3-2-9(7-13(10)18)14(20-19)6-8-1-4-12(17)11(16)5-8/h1-5,7,14,20H,6,19H2. The van der Waals surface area contributed by atoms with Crippen molar-refractivity contribution in [2.24, 2.45) is 5.84 Å². The second-order valence-corrected chi connectivity index (χ2v) is 5.61. The number of benzene rings is 2.